The van der Waals surface area contributed by atoms with E-state index < -0.39 is 6.04 Å². The van der Waals surface area contributed by atoms with Gasteiger partial charge >= 0.3 is 0 Å². The summed E-state index contributed by atoms with van der Waals surface area (Å²) in [6.45, 7) is 6.25. The predicted molar refractivity (Wildman–Crippen MR) is 132 cm³/mol. The molecule has 0 aliphatic carbocycles. The Morgan fingerprint density at radius 2 is 1.88 bits per heavy atom. The van der Waals surface area contributed by atoms with Crippen molar-refractivity contribution in [3.8, 4) is 5.75 Å². The maximum absolute atomic E-state index is 13.5. The van der Waals surface area contributed by atoms with Crippen molar-refractivity contribution < 1.29 is 14.3 Å². The molecule has 0 spiro atoms. The van der Waals surface area contributed by atoms with Crippen LogP contribution in [0.4, 0.5) is 0 Å². The van der Waals surface area contributed by atoms with E-state index in [1.54, 1.807) is 54.5 Å². The fraction of sp³-hybridized carbons (Fsp3) is 0.360. The van der Waals surface area contributed by atoms with Crippen LogP contribution < -0.4 is 15.6 Å². The number of halogens is 1. The number of benzene rings is 2. The van der Waals surface area contributed by atoms with Gasteiger partial charge in [-0.15, -0.1) is 0 Å². The van der Waals surface area contributed by atoms with E-state index >= 15 is 0 Å². The van der Waals surface area contributed by atoms with Crippen LogP contribution in [0, 0.1) is 5.92 Å². The van der Waals surface area contributed by atoms with Crippen LogP contribution in [0.2, 0.25) is 5.02 Å². The van der Waals surface area contributed by atoms with Gasteiger partial charge in [0.25, 0.3) is 11.5 Å². The maximum atomic E-state index is 13.5. The number of aromatic amines is 1. The second kappa shape index (κ2) is 11.2. The van der Waals surface area contributed by atoms with Gasteiger partial charge in [-0.2, -0.15) is 0 Å². The molecule has 0 saturated heterocycles. The van der Waals surface area contributed by atoms with Crippen LogP contribution in [0.5, 0.6) is 5.75 Å². The summed E-state index contributed by atoms with van der Waals surface area (Å²) in [7, 11) is 1.55. The fourth-order valence-electron chi connectivity index (χ4n) is 3.63. The highest BCUT2D eigenvalue weighted by Crippen LogP contribution is 2.17. The zero-order valence-electron chi connectivity index (χ0n) is 19.7. The fourth-order valence-corrected chi connectivity index (χ4v) is 3.80. The molecule has 3 rings (SSSR count). The van der Waals surface area contributed by atoms with Gasteiger partial charge in [0.05, 0.1) is 24.6 Å². The minimum atomic E-state index is -0.747. The molecule has 1 aromatic heterocycles. The number of hydrogen-bond donors (Lipinski definition) is 2. The van der Waals surface area contributed by atoms with E-state index in [2.05, 4.69) is 15.3 Å². The lowest BCUT2D eigenvalue weighted by molar-refractivity contribution is -0.135. The Hall–Kier alpha value is -3.39. The normalized spacial score (nSPS) is 11.9. The zero-order chi connectivity index (χ0) is 24.8. The highest BCUT2D eigenvalue weighted by Gasteiger charge is 2.29. The number of aromatic nitrogens is 2. The minimum absolute atomic E-state index is 0.103. The summed E-state index contributed by atoms with van der Waals surface area (Å²) in [6.07, 6.45) is 0.701. The predicted octanol–water partition coefficient (Wildman–Crippen LogP) is 3.78. The average Bonchev–Trinajstić information content (AvgIpc) is 2.81. The van der Waals surface area contributed by atoms with Crippen molar-refractivity contribution in [2.75, 3.05) is 13.7 Å². The Morgan fingerprint density at radius 1 is 1.18 bits per heavy atom. The number of carbonyl (C=O) groups is 2. The monoisotopic (exact) mass is 484 g/mol. The number of nitrogens with zero attached hydrogens (tertiary/aromatic N) is 2. The molecule has 0 fully saturated rings. The molecule has 9 heteroatoms. The van der Waals surface area contributed by atoms with Crippen molar-refractivity contribution in [1.29, 1.82) is 0 Å². The van der Waals surface area contributed by atoms with Gasteiger partial charge in [0.15, 0.2) is 0 Å². The summed E-state index contributed by atoms with van der Waals surface area (Å²) >= 11 is 6.06. The van der Waals surface area contributed by atoms with E-state index in [1.807, 2.05) is 20.8 Å². The Kier molecular flexibility index (Phi) is 8.28. The van der Waals surface area contributed by atoms with Crippen molar-refractivity contribution in [2.45, 2.75) is 39.8 Å². The average molecular weight is 485 g/mol. The van der Waals surface area contributed by atoms with E-state index in [-0.39, 0.29) is 29.8 Å². The van der Waals surface area contributed by atoms with Crippen LogP contribution in [-0.2, 0) is 11.3 Å². The first-order valence-corrected chi connectivity index (χ1v) is 11.5. The van der Waals surface area contributed by atoms with Crippen LogP contribution in [0.15, 0.2) is 47.3 Å². The number of nitrogens with one attached hydrogen (secondary N) is 2. The van der Waals surface area contributed by atoms with Gasteiger partial charge < -0.3 is 19.9 Å². The number of ether oxygens (including phenoxy) is 1. The molecule has 0 aliphatic rings. The second-order valence-corrected chi connectivity index (χ2v) is 8.79. The van der Waals surface area contributed by atoms with Crippen molar-refractivity contribution in [3.63, 3.8) is 0 Å². The van der Waals surface area contributed by atoms with Gasteiger partial charge in [-0.3, -0.25) is 14.4 Å². The highest BCUT2D eigenvalue weighted by molar-refractivity contribution is 6.31. The lowest BCUT2D eigenvalue weighted by Gasteiger charge is -2.29. The molecule has 2 amide bonds. The summed E-state index contributed by atoms with van der Waals surface area (Å²) in [4.78, 5) is 47.7. The first-order chi connectivity index (χ1) is 16.2. The standard InChI is InChI=1S/C25H29ClN4O4/c1-5-12-30(14-21-27-20-13-17(26)8-11-19(20)24(32)28-21)25(33)22(15(2)3)29-23(31)16-6-9-18(34-4)10-7-16/h6-11,13,15,22H,5,12,14H2,1-4H3,(H,29,31)(H,27,28,32)/t22-/m1/s1. The number of fused-ring (bicyclic) bond motifs is 1. The quantitative estimate of drug-likeness (QED) is 0.481. The van der Waals surface area contributed by atoms with Crippen molar-refractivity contribution in [3.05, 3.63) is 69.2 Å². The molecule has 0 unspecified atom stereocenters. The first-order valence-electron chi connectivity index (χ1n) is 11.2. The SMILES string of the molecule is CCCN(Cc1nc2cc(Cl)ccc2c(=O)[nH]1)C(=O)[C@H](NC(=O)c1ccc(OC)cc1)C(C)C. The molecule has 0 saturated carbocycles. The lowest BCUT2D eigenvalue weighted by atomic mass is 10.0. The van der Waals surface area contributed by atoms with Crippen LogP contribution in [0.25, 0.3) is 10.9 Å². The van der Waals surface area contributed by atoms with Crippen LogP contribution in [-0.4, -0.2) is 46.4 Å². The van der Waals surface area contributed by atoms with E-state index in [1.165, 1.54) is 0 Å². The third kappa shape index (κ3) is 5.94. The van der Waals surface area contributed by atoms with Gasteiger partial charge in [0.2, 0.25) is 5.91 Å². The van der Waals surface area contributed by atoms with Crippen molar-refractivity contribution in [2.24, 2.45) is 5.92 Å². The smallest absolute Gasteiger partial charge is 0.258 e. The first kappa shape index (κ1) is 25.2. The van der Waals surface area contributed by atoms with Gasteiger partial charge in [-0.25, -0.2) is 4.98 Å². The van der Waals surface area contributed by atoms with Gasteiger partial charge in [0.1, 0.15) is 17.6 Å². The Morgan fingerprint density at radius 3 is 2.50 bits per heavy atom. The van der Waals surface area contributed by atoms with Gasteiger partial charge in [-0.1, -0.05) is 32.4 Å². The number of hydrogen-bond acceptors (Lipinski definition) is 5. The van der Waals surface area contributed by atoms with E-state index in [0.717, 1.165) is 0 Å². The molecule has 2 N–H and O–H groups in total. The Balaban J connectivity index is 1.83. The van der Waals surface area contributed by atoms with Gasteiger partial charge in [0, 0.05) is 17.1 Å². The Labute approximate surface area is 203 Å². The topological polar surface area (TPSA) is 104 Å². The molecule has 3 aromatic rings. The van der Waals surface area contributed by atoms with E-state index in [0.29, 0.717) is 46.0 Å². The van der Waals surface area contributed by atoms with Crippen LogP contribution >= 0.6 is 11.6 Å². The summed E-state index contributed by atoms with van der Waals surface area (Å²) in [6, 6.07) is 10.8. The van der Waals surface area contributed by atoms with Crippen molar-refractivity contribution in [1.82, 2.24) is 20.2 Å². The summed E-state index contributed by atoms with van der Waals surface area (Å²) < 4.78 is 5.13. The molecule has 8 nitrogen and oxygen atoms in total. The largest absolute Gasteiger partial charge is 0.497 e. The molecular weight excluding hydrogens is 456 g/mol. The molecule has 0 aliphatic heterocycles. The summed E-state index contributed by atoms with van der Waals surface area (Å²) in [5, 5.41) is 3.76. The third-order valence-corrected chi connectivity index (χ3v) is 5.67. The molecule has 0 radical (unpaired) electrons. The molecule has 0 bridgehead atoms. The molecule has 180 valence electrons. The number of carbonyl (C=O) groups excluding carboxylic acids is 2. The third-order valence-electron chi connectivity index (χ3n) is 5.43. The number of methoxy groups -OCH3 is 1. The van der Waals surface area contributed by atoms with E-state index in [4.69, 9.17) is 16.3 Å². The van der Waals surface area contributed by atoms with Crippen LogP contribution in [0.1, 0.15) is 43.4 Å². The zero-order valence-corrected chi connectivity index (χ0v) is 20.5. The second-order valence-electron chi connectivity index (χ2n) is 8.36. The summed E-state index contributed by atoms with van der Waals surface area (Å²) in [5.74, 6) is 0.243. The number of amides is 2. The molecular formula is C25H29ClN4O4. The number of H-pyrrole nitrogens is 1. The molecule has 34 heavy (non-hydrogen) atoms. The van der Waals surface area contributed by atoms with Crippen LogP contribution in [0.3, 0.4) is 0 Å². The lowest BCUT2D eigenvalue weighted by Crippen LogP contribution is -2.51. The highest BCUT2D eigenvalue weighted by atomic mass is 35.5. The Bertz CT molecular complexity index is 1220. The van der Waals surface area contributed by atoms with Crippen molar-refractivity contribution >= 4 is 34.3 Å². The molecule has 1 heterocycles. The maximum Gasteiger partial charge on any atom is 0.258 e. The minimum Gasteiger partial charge on any atom is -0.497 e. The van der Waals surface area contributed by atoms with E-state index in [9.17, 15) is 14.4 Å². The number of rotatable bonds is 9. The molecule has 1 atom stereocenters. The summed E-state index contributed by atoms with van der Waals surface area (Å²) in [5.41, 5.74) is 0.593. The molecule has 2 aromatic carbocycles. The van der Waals surface area contributed by atoms with Gasteiger partial charge in [-0.05, 0) is 54.8 Å².